The van der Waals surface area contributed by atoms with Gasteiger partial charge in [-0.15, -0.1) is 11.8 Å². The topological polar surface area (TPSA) is 90.1 Å². The number of fused-ring (bicyclic) bond motifs is 1. The maximum absolute atomic E-state index is 9.70. The lowest BCUT2D eigenvalue weighted by Crippen LogP contribution is -2.47. The maximum atomic E-state index is 9.70. The Bertz CT molecular complexity index is 1580. The van der Waals surface area contributed by atoms with Gasteiger partial charge in [-0.3, -0.25) is 14.6 Å². The average molecular weight is 538 g/mol. The predicted molar refractivity (Wildman–Crippen MR) is 158 cm³/mol. The van der Waals surface area contributed by atoms with E-state index < -0.39 is 0 Å². The summed E-state index contributed by atoms with van der Waals surface area (Å²) in [6, 6.07) is 13.0. The van der Waals surface area contributed by atoms with Gasteiger partial charge in [0.15, 0.2) is 0 Å². The molecule has 3 aromatic heterocycles. The summed E-state index contributed by atoms with van der Waals surface area (Å²) in [6.07, 6.45) is 11.0. The number of benzene rings is 1. The van der Waals surface area contributed by atoms with E-state index in [9.17, 15) is 5.26 Å². The average Bonchev–Trinajstić information content (AvgIpc) is 3.60. The third kappa shape index (κ3) is 5.79. The number of hydrogen-bond acceptors (Lipinski definition) is 7. The first-order chi connectivity index (χ1) is 19.0. The molecule has 0 amide bonds. The molecule has 0 unspecified atom stereocenters. The Morgan fingerprint density at radius 3 is 2.51 bits per heavy atom. The lowest BCUT2D eigenvalue weighted by atomic mass is 10.0. The second kappa shape index (κ2) is 11.7. The number of piperazine rings is 1. The molecule has 0 spiro atoms. The molecule has 0 radical (unpaired) electrons. The monoisotopic (exact) mass is 537 g/mol. The van der Waals surface area contributed by atoms with E-state index in [2.05, 4.69) is 68.3 Å². The normalized spacial score (nSPS) is 15.1. The van der Waals surface area contributed by atoms with E-state index in [1.165, 1.54) is 10.5 Å². The van der Waals surface area contributed by atoms with Gasteiger partial charge >= 0.3 is 0 Å². The number of thioether (sulfide) groups is 1. The second-order valence-corrected chi connectivity index (χ2v) is 10.3. The van der Waals surface area contributed by atoms with Crippen LogP contribution < -0.4 is 0 Å². The van der Waals surface area contributed by atoms with Crippen LogP contribution in [0.1, 0.15) is 23.6 Å². The molecule has 0 aliphatic carbocycles. The first kappa shape index (κ1) is 26.4. The van der Waals surface area contributed by atoms with Crippen molar-refractivity contribution in [2.45, 2.75) is 18.4 Å². The first-order valence-electron chi connectivity index (χ1n) is 12.7. The van der Waals surface area contributed by atoms with Crippen LogP contribution in [0, 0.1) is 11.3 Å². The summed E-state index contributed by atoms with van der Waals surface area (Å²) in [6.45, 7) is 10.5. The third-order valence-electron chi connectivity index (χ3n) is 6.99. The number of pyridine rings is 1. The zero-order valence-corrected chi connectivity index (χ0v) is 23.3. The molecule has 4 heterocycles. The molecule has 10 heteroatoms. The minimum atomic E-state index is 0.470. The van der Waals surface area contributed by atoms with Crippen LogP contribution in [-0.2, 0) is 13.6 Å². The first-order valence-corrected chi connectivity index (χ1v) is 13.9. The van der Waals surface area contributed by atoms with Crippen molar-refractivity contribution < 1.29 is 0 Å². The second-order valence-electron chi connectivity index (χ2n) is 9.47. The molecule has 1 saturated heterocycles. The number of amidine groups is 1. The predicted octanol–water partition coefficient (Wildman–Crippen LogP) is 4.56. The lowest BCUT2D eigenvalue weighted by molar-refractivity contribution is 0.175. The van der Waals surface area contributed by atoms with Crippen molar-refractivity contribution in [3.8, 4) is 17.2 Å². The van der Waals surface area contributed by atoms with Gasteiger partial charge in [0, 0.05) is 73.8 Å². The van der Waals surface area contributed by atoms with Crippen LogP contribution in [0.4, 0.5) is 0 Å². The number of aryl methyl sites for hydroxylation is 1. The van der Waals surface area contributed by atoms with Crippen LogP contribution >= 0.6 is 11.8 Å². The van der Waals surface area contributed by atoms with Crippen molar-refractivity contribution in [1.82, 2.24) is 29.2 Å². The molecular formula is C29H31N9S. The SMILES string of the molecule is C=N/C(=C\N=C(/C)N1CCN(Cc2ccc(SC)cc2)CC1)c1cc(-c2cnn(C)c2)cn2ncc(C#N)c12. The van der Waals surface area contributed by atoms with Gasteiger partial charge in [-0.25, -0.2) is 9.51 Å². The molecular weight excluding hydrogens is 506 g/mol. The van der Waals surface area contributed by atoms with Crippen LogP contribution in [0.15, 0.2) is 76.2 Å². The molecule has 0 N–H and O–H groups in total. The number of nitriles is 1. The minimum Gasteiger partial charge on any atom is -0.358 e. The largest absolute Gasteiger partial charge is 0.358 e. The van der Waals surface area contributed by atoms with Crippen LogP contribution in [0.25, 0.3) is 22.3 Å². The van der Waals surface area contributed by atoms with Crippen molar-refractivity contribution in [3.05, 3.63) is 78.0 Å². The number of hydrogen-bond donors (Lipinski definition) is 0. The highest BCUT2D eigenvalue weighted by atomic mass is 32.2. The van der Waals surface area contributed by atoms with E-state index in [0.717, 1.165) is 55.2 Å². The molecule has 5 rings (SSSR count). The lowest BCUT2D eigenvalue weighted by Gasteiger charge is -2.35. The zero-order chi connectivity index (χ0) is 27.4. The highest BCUT2D eigenvalue weighted by Crippen LogP contribution is 2.30. The van der Waals surface area contributed by atoms with Gasteiger partial charge in [0.05, 0.1) is 35.4 Å². The molecule has 9 nitrogen and oxygen atoms in total. The number of rotatable bonds is 7. The maximum Gasteiger partial charge on any atom is 0.103 e. The van der Waals surface area contributed by atoms with E-state index in [4.69, 9.17) is 4.99 Å². The Labute approximate surface area is 232 Å². The minimum absolute atomic E-state index is 0.470. The van der Waals surface area contributed by atoms with Crippen LogP contribution in [0.2, 0.25) is 0 Å². The standard InChI is InChI=1S/C29H31N9S/c1-21(37-11-9-36(10-12-37)18-22-5-7-26(39-4)8-6-22)32-17-28(31-2)27-13-23(25-16-33-35(3)19-25)20-38-29(27)24(14-30)15-34-38/h5-8,13,15-17,19-20H,2,9-12,18H2,1,3-4H3/b28-17-,32-21+. The fourth-order valence-corrected chi connectivity index (χ4v) is 5.19. The van der Waals surface area contributed by atoms with Gasteiger partial charge in [-0.05, 0) is 43.7 Å². The Morgan fingerprint density at radius 2 is 1.87 bits per heavy atom. The summed E-state index contributed by atoms with van der Waals surface area (Å²) >= 11 is 1.77. The Kier molecular flexibility index (Phi) is 7.91. The van der Waals surface area contributed by atoms with Crippen molar-refractivity contribution in [1.29, 1.82) is 5.26 Å². The fraction of sp³-hybridized carbons (Fsp3) is 0.276. The zero-order valence-electron chi connectivity index (χ0n) is 22.4. The van der Waals surface area contributed by atoms with Gasteiger partial charge in [0.25, 0.3) is 0 Å². The van der Waals surface area contributed by atoms with Crippen molar-refractivity contribution in [3.63, 3.8) is 0 Å². The van der Waals surface area contributed by atoms with Gasteiger partial charge < -0.3 is 4.90 Å². The molecule has 39 heavy (non-hydrogen) atoms. The van der Waals surface area contributed by atoms with Gasteiger partial charge in [-0.1, -0.05) is 12.1 Å². The van der Waals surface area contributed by atoms with E-state index in [-0.39, 0.29) is 0 Å². The molecule has 1 aliphatic rings. The van der Waals surface area contributed by atoms with Crippen LogP contribution in [-0.4, -0.2) is 74.2 Å². The summed E-state index contributed by atoms with van der Waals surface area (Å²) in [7, 11) is 1.88. The molecule has 1 aliphatic heterocycles. The molecule has 198 valence electrons. The van der Waals surface area contributed by atoms with Crippen LogP contribution in [0.5, 0.6) is 0 Å². The van der Waals surface area contributed by atoms with Crippen LogP contribution in [0.3, 0.4) is 0 Å². The molecule has 0 atom stereocenters. The van der Waals surface area contributed by atoms with Gasteiger partial charge in [0.1, 0.15) is 11.9 Å². The number of aromatic nitrogens is 4. The molecule has 4 aromatic rings. The summed E-state index contributed by atoms with van der Waals surface area (Å²) in [4.78, 5) is 15.1. The third-order valence-corrected chi connectivity index (χ3v) is 7.73. The number of nitrogens with zero attached hydrogens (tertiary/aromatic N) is 9. The molecule has 0 saturated carbocycles. The Hall–Kier alpha value is -4.20. The summed E-state index contributed by atoms with van der Waals surface area (Å²) in [5.41, 5.74) is 5.66. The quantitative estimate of drug-likeness (QED) is 0.195. The van der Waals surface area contributed by atoms with E-state index in [1.54, 1.807) is 39.6 Å². The van der Waals surface area contributed by atoms with E-state index in [1.807, 2.05) is 32.4 Å². The molecule has 1 fully saturated rings. The van der Waals surface area contributed by atoms with E-state index in [0.29, 0.717) is 16.8 Å². The summed E-state index contributed by atoms with van der Waals surface area (Å²) in [5.74, 6) is 0.925. The molecule has 0 bridgehead atoms. The highest BCUT2D eigenvalue weighted by molar-refractivity contribution is 7.98. The summed E-state index contributed by atoms with van der Waals surface area (Å²) < 4.78 is 3.46. The smallest absolute Gasteiger partial charge is 0.103 e. The summed E-state index contributed by atoms with van der Waals surface area (Å²) in [5, 5.41) is 18.4. The van der Waals surface area contributed by atoms with Crippen molar-refractivity contribution in [2.24, 2.45) is 17.0 Å². The highest BCUT2D eigenvalue weighted by Gasteiger charge is 2.19. The van der Waals surface area contributed by atoms with Crippen molar-refractivity contribution >= 4 is 35.5 Å². The molecule has 1 aromatic carbocycles. The van der Waals surface area contributed by atoms with Gasteiger partial charge in [-0.2, -0.15) is 15.5 Å². The Morgan fingerprint density at radius 1 is 1.10 bits per heavy atom. The fourth-order valence-electron chi connectivity index (χ4n) is 4.78. The van der Waals surface area contributed by atoms with Crippen molar-refractivity contribution in [2.75, 3.05) is 32.4 Å². The number of aliphatic imine (C=N–C) groups is 2. The Balaban J connectivity index is 1.35. The van der Waals surface area contributed by atoms with Gasteiger partial charge in [0.2, 0.25) is 0 Å². The van der Waals surface area contributed by atoms with E-state index >= 15 is 0 Å².